The Morgan fingerprint density at radius 2 is 1.28 bits per heavy atom. The Kier molecular flexibility index (Phi) is 5.20. The molecule has 0 radical (unpaired) electrons. The zero-order valence-electron chi connectivity index (χ0n) is 16.7. The number of carbonyl (C=O) groups excluding carboxylic acids is 1. The zero-order valence-corrected chi connectivity index (χ0v) is 17.5. The highest BCUT2D eigenvalue weighted by Crippen LogP contribution is 2.34. The van der Waals surface area contributed by atoms with Gasteiger partial charge in [0.15, 0.2) is 5.11 Å². The third-order valence-corrected chi connectivity index (χ3v) is 5.78. The molecule has 0 unspecified atom stereocenters. The second kappa shape index (κ2) is 7.80. The fourth-order valence-corrected chi connectivity index (χ4v) is 4.29. The van der Waals surface area contributed by atoms with E-state index in [1.165, 1.54) is 11.1 Å². The molecule has 0 spiro atoms. The number of anilines is 1. The molecule has 0 aromatic heterocycles. The van der Waals surface area contributed by atoms with Gasteiger partial charge in [0, 0.05) is 5.69 Å². The molecule has 0 saturated carbocycles. The Morgan fingerprint density at radius 3 is 1.86 bits per heavy atom. The predicted molar refractivity (Wildman–Crippen MR) is 122 cm³/mol. The Hall–Kier alpha value is -2.98. The number of carbonyl (C=O) groups is 1. The van der Waals surface area contributed by atoms with Crippen molar-refractivity contribution in [2.75, 3.05) is 4.90 Å². The molecule has 146 valence electrons. The number of thiocarbonyl (C=S) groups is 1. The summed E-state index contributed by atoms with van der Waals surface area (Å²) in [7, 11) is 0. The summed E-state index contributed by atoms with van der Waals surface area (Å²) in [6, 6.07) is 28.7. The van der Waals surface area contributed by atoms with Crippen molar-refractivity contribution in [2.45, 2.75) is 32.4 Å². The van der Waals surface area contributed by atoms with Gasteiger partial charge in [-0.3, -0.25) is 9.69 Å². The molecule has 0 aliphatic carbocycles. The monoisotopic (exact) mass is 400 g/mol. The maximum atomic E-state index is 13.1. The van der Waals surface area contributed by atoms with Gasteiger partial charge in [-0.25, -0.2) is 0 Å². The molecule has 3 aromatic carbocycles. The summed E-state index contributed by atoms with van der Waals surface area (Å²) >= 11 is 5.74. The van der Waals surface area contributed by atoms with Gasteiger partial charge in [-0.05, 0) is 61.3 Å². The van der Waals surface area contributed by atoms with Crippen LogP contribution < -0.4 is 4.90 Å². The summed E-state index contributed by atoms with van der Waals surface area (Å²) < 4.78 is 0. The van der Waals surface area contributed by atoms with Crippen molar-refractivity contribution in [3.8, 4) is 0 Å². The molecule has 1 fully saturated rings. The molecule has 1 saturated heterocycles. The molecule has 1 heterocycles. The average Bonchev–Trinajstić information content (AvgIpc) is 2.90. The third-order valence-electron chi connectivity index (χ3n) is 5.38. The van der Waals surface area contributed by atoms with Crippen LogP contribution in [-0.4, -0.2) is 21.5 Å². The molecule has 3 nitrogen and oxygen atoms in total. The molecule has 1 amide bonds. The van der Waals surface area contributed by atoms with Crippen LogP contribution in [0, 0.1) is 0 Å². The molecular formula is C25H24N2OS. The van der Waals surface area contributed by atoms with Crippen molar-refractivity contribution < 1.29 is 4.79 Å². The average molecular weight is 401 g/mol. The highest BCUT2D eigenvalue weighted by Gasteiger charge is 2.49. The molecule has 4 heteroatoms. The normalized spacial score (nSPS) is 15.8. The van der Waals surface area contributed by atoms with Crippen LogP contribution in [0.5, 0.6) is 0 Å². The Bertz CT molecular complexity index is 1010. The van der Waals surface area contributed by atoms with Gasteiger partial charge < -0.3 is 4.90 Å². The number of benzene rings is 3. The summed E-state index contributed by atoms with van der Waals surface area (Å²) in [5.74, 6) is 0.0275. The van der Waals surface area contributed by atoms with Crippen LogP contribution in [-0.2, 0) is 17.8 Å². The smallest absolute Gasteiger partial charge is 0.254 e. The van der Waals surface area contributed by atoms with E-state index in [2.05, 4.69) is 48.5 Å². The quantitative estimate of drug-likeness (QED) is 0.551. The van der Waals surface area contributed by atoms with Crippen molar-refractivity contribution >= 4 is 28.9 Å². The van der Waals surface area contributed by atoms with E-state index in [1.807, 2.05) is 55.1 Å². The van der Waals surface area contributed by atoms with Crippen LogP contribution in [0.1, 0.15) is 30.5 Å². The molecule has 3 aromatic rings. The van der Waals surface area contributed by atoms with E-state index in [0.29, 0.717) is 11.7 Å². The van der Waals surface area contributed by atoms with Gasteiger partial charge in [0.1, 0.15) is 5.54 Å². The lowest BCUT2D eigenvalue weighted by Gasteiger charge is -2.29. The molecule has 0 atom stereocenters. The minimum atomic E-state index is -0.715. The summed E-state index contributed by atoms with van der Waals surface area (Å²) in [4.78, 5) is 16.8. The number of amides is 1. The van der Waals surface area contributed by atoms with E-state index < -0.39 is 5.54 Å². The maximum absolute atomic E-state index is 13.1. The van der Waals surface area contributed by atoms with Gasteiger partial charge in [0.2, 0.25) is 0 Å². The van der Waals surface area contributed by atoms with Crippen molar-refractivity contribution in [3.63, 3.8) is 0 Å². The fraction of sp³-hybridized carbons (Fsp3) is 0.200. The molecule has 0 bridgehead atoms. The van der Waals surface area contributed by atoms with E-state index in [1.54, 1.807) is 4.90 Å². The van der Waals surface area contributed by atoms with Gasteiger partial charge in [0.25, 0.3) is 5.91 Å². The lowest BCUT2D eigenvalue weighted by Crippen LogP contribution is -2.44. The molecular weight excluding hydrogens is 376 g/mol. The van der Waals surface area contributed by atoms with Crippen molar-refractivity contribution in [3.05, 3.63) is 102 Å². The van der Waals surface area contributed by atoms with Gasteiger partial charge in [-0.1, -0.05) is 72.8 Å². The van der Waals surface area contributed by atoms with Crippen LogP contribution in [0.3, 0.4) is 0 Å². The van der Waals surface area contributed by atoms with Crippen LogP contribution >= 0.6 is 12.2 Å². The Morgan fingerprint density at radius 1 is 0.759 bits per heavy atom. The first kappa shape index (κ1) is 19.3. The summed E-state index contributed by atoms with van der Waals surface area (Å²) in [5.41, 5.74) is 3.81. The lowest BCUT2D eigenvalue weighted by atomic mass is 10.0. The second-order valence-electron chi connectivity index (χ2n) is 7.88. The van der Waals surface area contributed by atoms with Crippen LogP contribution in [0.4, 0.5) is 5.69 Å². The second-order valence-corrected chi connectivity index (χ2v) is 8.25. The highest BCUT2D eigenvalue weighted by molar-refractivity contribution is 7.80. The predicted octanol–water partition coefficient (Wildman–Crippen LogP) is 5.19. The van der Waals surface area contributed by atoms with Crippen LogP contribution in [0.15, 0.2) is 84.9 Å². The summed E-state index contributed by atoms with van der Waals surface area (Å²) in [6.45, 7) is 4.36. The largest absolute Gasteiger partial charge is 0.304 e. The van der Waals surface area contributed by atoms with Gasteiger partial charge >= 0.3 is 0 Å². The van der Waals surface area contributed by atoms with Crippen LogP contribution in [0.25, 0.3) is 0 Å². The SMILES string of the molecule is CC1(C)C(=O)N(Cc2ccccc2)C(=S)N1c1ccc(Cc2ccccc2)cc1. The van der Waals surface area contributed by atoms with Crippen LogP contribution in [0.2, 0.25) is 0 Å². The van der Waals surface area contributed by atoms with E-state index in [9.17, 15) is 4.79 Å². The topological polar surface area (TPSA) is 23.6 Å². The standard InChI is InChI=1S/C25H24N2OS/c1-25(2)23(28)26(18-21-11-7-4-8-12-21)24(29)27(25)22-15-13-20(14-16-22)17-19-9-5-3-6-10-19/h3-16H,17-18H2,1-2H3. The number of nitrogens with zero attached hydrogens (tertiary/aromatic N) is 2. The molecule has 4 rings (SSSR count). The molecule has 1 aliphatic rings. The van der Waals surface area contributed by atoms with Crippen molar-refractivity contribution in [2.24, 2.45) is 0 Å². The van der Waals surface area contributed by atoms with E-state index in [4.69, 9.17) is 12.2 Å². The van der Waals surface area contributed by atoms with E-state index in [-0.39, 0.29) is 5.91 Å². The van der Waals surface area contributed by atoms with Gasteiger partial charge in [-0.15, -0.1) is 0 Å². The first-order valence-corrected chi connectivity index (χ1v) is 10.2. The molecule has 29 heavy (non-hydrogen) atoms. The minimum absolute atomic E-state index is 0.0275. The molecule has 0 N–H and O–H groups in total. The summed E-state index contributed by atoms with van der Waals surface area (Å²) in [5, 5.41) is 0.555. The van der Waals surface area contributed by atoms with Crippen molar-refractivity contribution in [1.82, 2.24) is 4.90 Å². The van der Waals surface area contributed by atoms with E-state index in [0.717, 1.165) is 17.7 Å². The first-order chi connectivity index (χ1) is 14.0. The Balaban J connectivity index is 1.57. The minimum Gasteiger partial charge on any atom is -0.304 e. The summed E-state index contributed by atoms with van der Waals surface area (Å²) in [6.07, 6.45) is 0.883. The first-order valence-electron chi connectivity index (χ1n) is 9.80. The zero-order chi connectivity index (χ0) is 20.4. The number of hydrogen-bond acceptors (Lipinski definition) is 2. The molecule has 1 aliphatic heterocycles. The number of rotatable bonds is 5. The Labute approximate surface area is 177 Å². The highest BCUT2D eigenvalue weighted by atomic mass is 32.1. The third kappa shape index (κ3) is 3.81. The lowest BCUT2D eigenvalue weighted by molar-refractivity contribution is -0.129. The van der Waals surface area contributed by atoms with Crippen molar-refractivity contribution in [1.29, 1.82) is 0 Å². The van der Waals surface area contributed by atoms with E-state index >= 15 is 0 Å². The fourth-order valence-electron chi connectivity index (χ4n) is 3.81. The number of hydrogen-bond donors (Lipinski definition) is 0. The van der Waals surface area contributed by atoms with Gasteiger partial charge in [0.05, 0.1) is 6.54 Å². The van der Waals surface area contributed by atoms with Gasteiger partial charge in [-0.2, -0.15) is 0 Å². The maximum Gasteiger partial charge on any atom is 0.254 e.